The average molecular weight is 220 g/mol. The fraction of sp³-hybridized carbons (Fsp3) is 0.182. The van der Waals surface area contributed by atoms with Gasteiger partial charge in [0.15, 0.2) is 4.99 Å². The van der Waals surface area contributed by atoms with Crippen LogP contribution in [-0.4, -0.2) is 5.91 Å². The molecule has 1 amide bonds. The smallest absolute Gasteiger partial charge is 0.219 e. The standard InChI is InChI=1S/C11H12N2OS/c1-9(14)13-11(12-7-8-15-11)10-5-3-2-4-6-10/h2-8,12H,1H3,(H,13,14). The highest BCUT2D eigenvalue weighted by atomic mass is 32.2. The number of benzene rings is 1. The number of hydrogen-bond donors (Lipinski definition) is 2. The van der Waals surface area contributed by atoms with E-state index in [1.807, 2.05) is 41.9 Å². The van der Waals surface area contributed by atoms with Crippen LogP contribution in [0.4, 0.5) is 0 Å². The van der Waals surface area contributed by atoms with E-state index in [2.05, 4.69) is 10.6 Å². The zero-order valence-electron chi connectivity index (χ0n) is 8.36. The molecule has 4 heteroatoms. The maximum Gasteiger partial charge on any atom is 0.219 e. The predicted molar refractivity (Wildman–Crippen MR) is 61.8 cm³/mol. The van der Waals surface area contributed by atoms with Crippen LogP contribution in [0.5, 0.6) is 0 Å². The fourth-order valence-corrected chi connectivity index (χ4v) is 2.48. The maximum atomic E-state index is 11.2. The van der Waals surface area contributed by atoms with Crippen LogP contribution in [0.15, 0.2) is 41.9 Å². The molecule has 2 N–H and O–H groups in total. The topological polar surface area (TPSA) is 41.1 Å². The second-order valence-electron chi connectivity index (χ2n) is 3.29. The first-order chi connectivity index (χ1) is 7.23. The molecule has 1 heterocycles. The molecule has 0 fully saturated rings. The van der Waals surface area contributed by atoms with Crippen molar-refractivity contribution in [2.75, 3.05) is 0 Å². The molecular formula is C11H12N2OS. The third kappa shape index (κ3) is 1.99. The monoisotopic (exact) mass is 220 g/mol. The van der Waals surface area contributed by atoms with Gasteiger partial charge < -0.3 is 10.6 Å². The molecule has 1 atom stereocenters. The third-order valence-corrected chi connectivity index (χ3v) is 3.21. The highest BCUT2D eigenvalue weighted by Gasteiger charge is 2.34. The molecule has 1 aromatic rings. The summed E-state index contributed by atoms with van der Waals surface area (Å²) in [5, 5.41) is 8.02. The van der Waals surface area contributed by atoms with Crippen molar-refractivity contribution in [3.05, 3.63) is 47.5 Å². The van der Waals surface area contributed by atoms with Gasteiger partial charge in [-0.1, -0.05) is 42.1 Å². The molecule has 1 aromatic carbocycles. The van der Waals surface area contributed by atoms with Gasteiger partial charge in [-0.25, -0.2) is 0 Å². The summed E-state index contributed by atoms with van der Waals surface area (Å²) in [4.78, 5) is 10.7. The maximum absolute atomic E-state index is 11.2. The zero-order chi connectivity index (χ0) is 10.7. The Balaban J connectivity index is 2.31. The van der Waals surface area contributed by atoms with Crippen LogP contribution in [0.25, 0.3) is 0 Å². The van der Waals surface area contributed by atoms with Crippen LogP contribution in [0.1, 0.15) is 12.5 Å². The van der Waals surface area contributed by atoms with E-state index in [0.717, 1.165) is 5.56 Å². The van der Waals surface area contributed by atoms with E-state index >= 15 is 0 Å². The van der Waals surface area contributed by atoms with Gasteiger partial charge in [0.2, 0.25) is 5.91 Å². The Morgan fingerprint density at radius 3 is 2.67 bits per heavy atom. The van der Waals surface area contributed by atoms with Crippen LogP contribution in [0.3, 0.4) is 0 Å². The average Bonchev–Trinajstić information content (AvgIpc) is 2.68. The summed E-state index contributed by atoms with van der Waals surface area (Å²) in [7, 11) is 0. The van der Waals surface area contributed by atoms with Crippen LogP contribution in [-0.2, 0) is 9.79 Å². The molecule has 0 saturated heterocycles. The lowest BCUT2D eigenvalue weighted by Gasteiger charge is -2.30. The van der Waals surface area contributed by atoms with Gasteiger partial charge in [-0.3, -0.25) is 4.79 Å². The number of carbonyl (C=O) groups excluding carboxylic acids is 1. The molecule has 78 valence electrons. The molecule has 0 spiro atoms. The van der Waals surface area contributed by atoms with Gasteiger partial charge in [-0.05, 0) is 5.41 Å². The Hall–Kier alpha value is -1.42. The first-order valence-corrected chi connectivity index (χ1v) is 5.56. The summed E-state index contributed by atoms with van der Waals surface area (Å²) < 4.78 is 0. The highest BCUT2D eigenvalue weighted by Crippen LogP contribution is 2.35. The number of amides is 1. The molecule has 0 radical (unpaired) electrons. The van der Waals surface area contributed by atoms with Crippen molar-refractivity contribution in [1.82, 2.24) is 10.6 Å². The predicted octanol–water partition coefficient (Wildman–Crippen LogP) is 1.74. The van der Waals surface area contributed by atoms with Crippen LogP contribution >= 0.6 is 11.8 Å². The van der Waals surface area contributed by atoms with E-state index in [-0.39, 0.29) is 5.91 Å². The Morgan fingerprint density at radius 1 is 1.40 bits per heavy atom. The van der Waals surface area contributed by atoms with Gasteiger partial charge in [0.1, 0.15) is 0 Å². The number of carbonyl (C=O) groups is 1. The van der Waals surface area contributed by atoms with Crippen molar-refractivity contribution >= 4 is 17.7 Å². The van der Waals surface area contributed by atoms with E-state index in [1.54, 1.807) is 11.8 Å². The highest BCUT2D eigenvalue weighted by molar-refractivity contribution is 8.03. The lowest BCUT2D eigenvalue weighted by molar-refractivity contribution is -0.120. The van der Waals surface area contributed by atoms with Crippen molar-refractivity contribution in [3.63, 3.8) is 0 Å². The van der Waals surface area contributed by atoms with E-state index in [1.165, 1.54) is 6.92 Å². The molecule has 2 rings (SSSR count). The number of hydrogen-bond acceptors (Lipinski definition) is 3. The van der Waals surface area contributed by atoms with Gasteiger partial charge in [0.05, 0.1) is 0 Å². The minimum atomic E-state index is -0.535. The number of rotatable bonds is 2. The number of thioether (sulfide) groups is 1. The van der Waals surface area contributed by atoms with Crippen molar-refractivity contribution < 1.29 is 4.79 Å². The second-order valence-corrected chi connectivity index (χ2v) is 4.41. The summed E-state index contributed by atoms with van der Waals surface area (Å²) in [6.45, 7) is 1.52. The molecule has 0 aromatic heterocycles. The minimum absolute atomic E-state index is 0.0532. The molecule has 0 saturated carbocycles. The first kappa shape index (κ1) is 10.1. The minimum Gasteiger partial charge on any atom is -0.356 e. The SMILES string of the molecule is CC(=O)NC1(c2ccccc2)NC=CS1. The molecule has 1 aliphatic heterocycles. The molecule has 1 aliphatic rings. The molecular weight excluding hydrogens is 208 g/mol. The van der Waals surface area contributed by atoms with E-state index in [9.17, 15) is 4.79 Å². The van der Waals surface area contributed by atoms with E-state index in [0.29, 0.717) is 0 Å². The lowest BCUT2D eigenvalue weighted by atomic mass is 10.1. The van der Waals surface area contributed by atoms with Gasteiger partial charge in [0.25, 0.3) is 0 Å². The molecule has 1 unspecified atom stereocenters. The van der Waals surface area contributed by atoms with Crippen LogP contribution in [0.2, 0.25) is 0 Å². The zero-order valence-corrected chi connectivity index (χ0v) is 9.17. The Bertz CT molecular complexity index is 381. The van der Waals surface area contributed by atoms with Crippen LogP contribution in [0, 0.1) is 0 Å². The number of nitrogens with one attached hydrogen (secondary N) is 2. The summed E-state index contributed by atoms with van der Waals surface area (Å²) in [6, 6.07) is 9.85. The van der Waals surface area contributed by atoms with Crippen molar-refractivity contribution in [2.45, 2.75) is 11.9 Å². The summed E-state index contributed by atoms with van der Waals surface area (Å²) >= 11 is 1.55. The van der Waals surface area contributed by atoms with Crippen molar-refractivity contribution in [3.8, 4) is 0 Å². The summed E-state index contributed by atoms with van der Waals surface area (Å²) in [6.07, 6.45) is 1.84. The molecule has 0 bridgehead atoms. The second kappa shape index (κ2) is 3.98. The molecule has 15 heavy (non-hydrogen) atoms. The van der Waals surface area contributed by atoms with E-state index < -0.39 is 4.99 Å². The fourth-order valence-electron chi connectivity index (χ4n) is 1.53. The van der Waals surface area contributed by atoms with E-state index in [4.69, 9.17) is 0 Å². The third-order valence-electron chi connectivity index (χ3n) is 2.13. The largest absolute Gasteiger partial charge is 0.356 e. The van der Waals surface area contributed by atoms with Gasteiger partial charge in [-0.2, -0.15) is 0 Å². The van der Waals surface area contributed by atoms with Crippen LogP contribution < -0.4 is 10.6 Å². The lowest BCUT2D eigenvalue weighted by Crippen LogP contribution is -2.49. The Morgan fingerprint density at radius 2 is 2.13 bits per heavy atom. The van der Waals surface area contributed by atoms with Gasteiger partial charge in [-0.15, -0.1) is 0 Å². The van der Waals surface area contributed by atoms with Gasteiger partial charge in [0, 0.05) is 18.7 Å². The quantitative estimate of drug-likeness (QED) is 0.797. The first-order valence-electron chi connectivity index (χ1n) is 4.68. The van der Waals surface area contributed by atoms with Crippen molar-refractivity contribution in [1.29, 1.82) is 0 Å². The normalized spacial score (nSPS) is 23.5. The van der Waals surface area contributed by atoms with Crippen molar-refractivity contribution in [2.24, 2.45) is 0 Å². The molecule has 3 nitrogen and oxygen atoms in total. The Labute approximate surface area is 92.9 Å². The van der Waals surface area contributed by atoms with Gasteiger partial charge >= 0.3 is 0 Å². The Kier molecular flexibility index (Phi) is 2.68. The summed E-state index contributed by atoms with van der Waals surface area (Å²) in [5.74, 6) is -0.0532. The molecule has 0 aliphatic carbocycles. The summed E-state index contributed by atoms with van der Waals surface area (Å²) in [5.41, 5.74) is 1.04.